The zero-order valence-electron chi connectivity index (χ0n) is 10.8. The molecule has 0 aromatic heterocycles. The van der Waals surface area contributed by atoms with Crippen LogP contribution in [0.2, 0.25) is 0 Å². The van der Waals surface area contributed by atoms with E-state index >= 15 is 0 Å². The number of rotatable bonds is 2. The van der Waals surface area contributed by atoms with Crippen LogP contribution >= 0.6 is 0 Å². The van der Waals surface area contributed by atoms with E-state index in [9.17, 15) is 13.2 Å². The first-order chi connectivity index (χ1) is 8.79. The predicted molar refractivity (Wildman–Crippen MR) is 67.7 cm³/mol. The van der Waals surface area contributed by atoms with Crippen LogP contribution < -0.4 is 5.73 Å². The number of hydrogen-bond acceptors (Lipinski definition) is 3. The fourth-order valence-corrected chi connectivity index (χ4v) is 2.43. The van der Waals surface area contributed by atoms with Gasteiger partial charge in [-0.1, -0.05) is 12.1 Å². The summed E-state index contributed by atoms with van der Waals surface area (Å²) in [4.78, 5) is 6.09. The first kappa shape index (κ1) is 13.7. The summed E-state index contributed by atoms with van der Waals surface area (Å²) in [6.07, 6.45) is -4.31. The number of hydrogen-bond donors (Lipinski definition) is 1. The average Bonchev–Trinajstić information content (AvgIpc) is 2.65. The number of likely N-dealkylation sites (N-methyl/N-ethyl adjacent to an activating group) is 1. The van der Waals surface area contributed by atoms with Gasteiger partial charge in [-0.05, 0) is 31.5 Å². The van der Waals surface area contributed by atoms with E-state index in [0.717, 1.165) is 17.7 Å². The Balaban J connectivity index is 2.33. The molecule has 3 nitrogen and oxygen atoms in total. The summed E-state index contributed by atoms with van der Waals surface area (Å²) < 4.78 is 37.6. The molecule has 1 aromatic carbocycles. The Morgan fingerprint density at radius 2 is 1.89 bits per heavy atom. The number of nitrogens with zero attached hydrogens (tertiary/aromatic N) is 2. The van der Waals surface area contributed by atoms with E-state index in [4.69, 9.17) is 5.73 Å². The Bertz CT molecular complexity index is 493. The molecule has 104 valence electrons. The molecule has 0 saturated carbocycles. The lowest BCUT2D eigenvalue weighted by atomic mass is 9.90. The third-order valence-electron chi connectivity index (χ3n) is 3.57. The van der Waals surface area contributed by atoms with Crippen molar-refractivity contribution in [1.82, 2.24) is 4.90 Å². The zero-order valence-corrected chi connectivity index (χ0v) is 10.8. The Hall–Kier alpha value is -1.72. The molecule has 0 radical (unpaired) electrons. The Kier molecular flexibility index (Phi) is 3.20. The summed E-state index contributed by atoms with van der Waals surface area (Å²) in [5.74, 6) is 0.435. The first-order valence-corrected chi connectivity index (χ1v) is 6.04. The molecule has 0 fully saturated rings. The van der Waals surface area contributed by atoms with Crippen molar-refractivity contribution in [2.45, 2.75) is 25.6 Å². The average molecular weight is 271 g/mol. The number of nitrogens with two attached hydrogens (primary N) is 1. The van der Waals surface area contributed by atoms with Crippen LogP contribution in [0.25, 0.3) is 0 Å². The van der Waals surface area contributed by atoms with Gasteiger partial charge < -0.3 is 10.6 Å². The molecule has 0 saturated heterocycles. The molecule has 0 amide bonds. The van der Waals surface area contributed by atoms with E-state index in [1.54, 1.807) is 0 Å². The summed E-state index contributed by atoms with van der Waals surface area (Å²) in [5, 5.41) is 0. The molecule has 6 heteroatoms. The molecule has 1 unspecified atom stereocenters. The number of halogens is 3. The topological polar surface area (TPSA) is 41.6 Å². The van der Waals surface area contributed by atoms with Crippen molar-refractivity contribution >= 4 is 5.96 Å². The smallest absolute Gasteiger partial charge is 0.370 e. The monoisotopic (exact) mass is 271 g/mol. The van der Waals surface area contributed by atoms with Crippen molar-refractivity contribution < 1.29 is 13.2 Å². The summed E-state index contributed by atoms with van der Waals surface area (Å²) in [5.41, 5.74) is 5.47. The Morgan fingerprint density at radius 1 is 1.32 bits per heavy atom. The third kappa shape index (κ3) is 2.27. The van der Waals surface area contributed by atoms with E-state index in [-0.39, 0.29) is 0 Å². The van der Waals surface area contributed by atoms with Crippen molar-refractivity contribution in [2.75, 3.05) is 13.1 Å². The molecule has 1 atom stereocenters. The summed E-state index contributed by atoms with van der Waals surface area (Å²) in [7, 11) is 0. The second-order valence-corrected chi connectivity index (χ2v) is 4.77. The van der Waals surface area contributed by atoms with Gasteiger partial charge in [0.05, 0.1) is 17.6 Å². The van der Waals surface area contributed by atoms with Gasteiger partial charge in [0.15, 0.2) is 5.96 Å². The quantitative estimate of drug-likeness (QED) is 0.898. The molecule has 2 rings (SSSR count). The maximum atomic E-state index is 12.5. The standard InChI is InChI=1S/C13H16F3N3/c1-3-19-11(17)18-8-12(19,2)9-4-6-10(7-5-9)13(14,15)16/h4-7H,3,8H2,1-2H3,(H2,17,18). The van der Waals surface area contributed by atoms with E-state index in [1.165, 1.54) is 12.1 Å². The zero-order chi connectivity index (χ0) is 14.3. The van der Waals surface area contributed by atoms with Gasteiger partial charge in [-0.2, -0.15) is 13.2 Å². The highest BCUT2D eigenvalue weighted by Gasteiger charge is 2.39. The minimum atomic E-state index is -4.31. The highest BCUT2D eigenvalue weighted by Crippen LogP contribution is 2.35. The molecule has 0 bridgehead atoms. The minimum Gasteiger partial charge on any atom is -0.370 e. The van der Waals surface area contributed by atoms with Crippen molar-refractivity contribution in [1.29, 1.82) is 0 Å². The highest BCUT2D eigenvalue weighted by atomic mass is 19.4. The predicted octanol–water partition coefficient (Wildman–Crippen LogP) is 2.57. The lowest BCUT2D eigenvalue weighted by molar-refractivity contribution is -0.137. The van der Waals surface area contributed by atoms with Crippen LogP contribution in [-0.2, 0) is 11.7 Å². The molecule has 0 aliphatic carbocycles. The summed E-state index contributed by atoms with van der Waals surface area (Å²) >= 11 is 0. The van der Waals surface area contributed by atoms with Crippen molar-refractivity contribution in [3.05, 3.63) is 35.4 Å². The van der Waals surface area contributed by atoms with Gasteiger partial charge in [-0.25, -0.2) is 0 Å². The van der Waals surface area contributed by atoms with Crippen molar-refractivity contribution in [2.24, 2.45) is 10.7 Å². The highest BCUT2D eigenvalue weighted by molar-refractivity contribution is 5.81. The van der Waals surface area contributed by atoms with E-state index < -0.39 is 17.3 Å². The molecule has 0 spiro atoms. The normalized spacial score (nSPS) is 23.6. The largest absolute Gasteiger partial charge is 0.416 e. The van der Waals surface area contributed by atoms with E-state index in [1.807, 2.05) is 18.7 Å². The number of aliphatic imine (C=N–C) groups is 1. The number of alkyl halides is 3. The maximum Gasteiger partial charge on any atom is 0.416 e. The molecule has 1 heterocycles. The lowest BCUT2D eigenvalue weighted by Gasteiger charge is -2.36. The van der Waals surface area contributed by atoms with Gasteiger partial charge in [-0.3, -0.25) is 4.99 Å². The lowest BCUT2D eigenvalue weighted by Crippen LogP contribution is -2.47. The fraction of sp³-hybridized carbons (Fsp3) is 0.462. The van der Waals surface area contributed by atoms with Crippen molar-refractivity contribution in [3.63, 3.8) is 0 Å². The number of benzene rings is 1. The maximum absolute atomic E-state index is 12.5. The van der Waals surface area contributed by atoms with Crippen LogP contribution in [0, 0.1) is 0 Å². The second-order valence-electron chi connectivity index (χ2n) is 4.77. The molecule has 1 aliphatic rings. The molecule has 2 N–H and O–H groups in total. The Labute approximate surface area is 109 Å². The van der Waals surface area contributed by atoms with Gasteiger partial charge in [-0.15, -0.1) is 0 Å². The first-order valence-electron chi connectivity index (χ1n) is 6.04. The van der Waals surface area contributed by atoms with Gasteiger partial charge in [0.2, 0.25) is 0 Å². The van der Waals surface area contributed by atoms with Gasteiger partial charge in [0.25, 0.3) is 0 Å². The Morgan fingerprint density at radius 3 is 2.37 bits per heavy atom. The van der Waals surface area contributed by atoms with Crippen LogP contribution in [-0.4, -0.2) is 23.9 Å². The van der Waals surface area contributed by atoms with Crippen LogP contribution in [0.5, 0.6) is 0 Å². The molecule has 1 aliphatic heterocycles. The molecular weight excluding hydrogens is 255 g/mol. The summed E-state index contributed by atoms with van der Waals surface area (Å²) in [6, 6.07) is 5.20. The van der Waals surface area contributed by atoms with Gasteiger partial charge in [0.1, 0.15) is 0 Å². The van der Waals surface area contributed by atoms with Gasteiger partial charge in [0, 0.05) is 6.54 Å². The molecule has 19 heavy (non-hydrogen) atoms. The summed E-state index contributed by atoms with van der Waals surface area (Å²) in [6.45, 7) is 4.99. The fourth-order valence-electron chi connectivity index (χ4n) is 2.43. The molecular formula is C13H16F3N3. The third-order valence-corrected chi connectivity index (χ3v) is 3.57. The van der Waals surface area contributed by atoms with Crippen molar-refractivity contribution in [3.8, 4) is 0 Å². The van der Waals surface area contributed by atoms with Crippen LogP contribution in [0.15, 0.2) is 29.3 Å². The second kappa shape index (κ2) is 4.43. The number of guanidine groups is 1. The SMILES string of the molecule is CCN1C(N)=NCC1(C)c1ccc(C(F)(F)F)cc1. The van der Waals surface area contributed by atoms with Crippen LogP contribution in [0.3, 0.4) is 0 Å². The molecule has 1 aromatic rings. The van der Waals surface area contributed by atoms with Crippen LogP contribution in [0.4, 0.5) is 13.2 Å². The van der Waals surface area contributed by atoms with E-state index in [2.05, 4.69) is 4.99 Å². The minimum absolute atomic E-state index is 0.435. The van der Waals surface area contributed by atoms with Crippen LogP contribution in [0.1, 0.15) is 25.0 Å². The van der Waals surface area contributed by atoms with E-state index in [0.29, 0.717) is 19.0 Å². The van der Waals surface area contributed by atoms with Gasteiger partial charge >= 0.3 is 6.18 Å².